The zero-order valence-corrected chi connectivity index (χ0v) is 15.3. The van der Waals surface area contributed by atoms with Crippen molar-refractivity contribution in [2.24, 2.45) is 5.92 Å². The molecule has 0 bridgehead atoms. The second-order valence-corrected chi connectivity index (χ2v) is 8.77. The molecule has 0 radical (unpaired) electrons. The molecule has 0 aliphatic rings. The Labute approximate surface area is 141 Å². The molecule has 1 aromatic heterocycles. The van der Waals surface area contributed by atoms with E-state index < -0.39 is 9.05 Å². The van der Waals surface area contributed by atoms with Crippen molar-refractivity contribution in [1.29, 1.82) is 0 Å². The lowest BCUT2D eigenvalue weighted by Crippen LogP contribution is -2.01. The fourth-order valence-corrected chi connectivity index (χ4v) is 4.05. The molecule has 114 valence electrons. The molecular formula is C13H13BrCl2N2O2S. The van der Waals surface area contributed by atoms with Crippen LogP contribution in [-0.4, -0.2) is 18.2 Å². The summed E-state index contributed by atoms with van der Waals surface area (Å²) in [5, 5.41) is 4.32. The Bertz CT molecular complexity index is 755. The van der Waals surface area contributed by atoms with E-state index in [-0.39, 0.29) is 16.0 Å². The van der Waals surface area contributed by atoms with E-state index in [2.05, 4.69) is 21.0 Å². The summed E-state index contributed by atoms with van der Waals surface area (Å²) < 4.78 is 25.8. The summed E-state index contributed by atoms with van der Waals surface area (Å²) in [6, 6.07) is 7.22. The summed E-state index contributed by atoms with van der Waals surface area (Å²) in [4.78, 5) is -0.109. The van der Waals surface area contributed by atoms with Crippen LogP contribution in [0.3, 0.4) is 0 Å². The predicted octanol–water partition coefficient (Wildman–Crippen LogP) is 4.41. The van der Waals surface area contributed by atoms with Gasteiger partial charge < -0.3 is 0 Å². The van der Waals surface area contributed by atoms with Crippen molar-refractivity contribution in [2.45, 2.75) is 25.2 Å². The van der Waals surface area contributed by atoms with Crippen LogP contribution in [0.5, 0.6) is 0 Å². The zero-order chi connectivity index (χ0) is 15.8. The van der Waals surface area contributed by atoms with E-state index in [0.29, 0.717) is 17.8 Å². The van der Waals surface area contributed by atoms with E-state index in [4.69, 9.17) is 22.3 Å². The van der Waals surface area contributed by atoms with Crippen LogP contribution in [0.25, 0.3) is 5.69 Å². The third-order valence-corrected chi connectivity index (χ3v) is 5.14. The topological polar surface area (TPSA) is 52.0 Å². The molecule has 0 aliphatic carbocycles. The van der Waals surface area contributed by atoms with Crippen molar-refractivity contribution in [3.05, 3.63) is 39.6 Å². The summed E-state index contributed by atoms with van der Waals surface area (Å²) in [7, 11) is 1.55. The first-order chi connectivity index (χ1) is 9.70. The maximum Gasteiger partial charge on any atom is 0.266 e. The maximum atomic E-state index is 11.8. The highest BCUT2D eigenvalue weighted by atomic mass is 79.9. The lowest BCUT2D eigenvalue weighted by Gasteiger charge is -2.03. The van der Waals surface area contributed by atoms with Crippen molar-refractivity contribution in [3.8, 4) is 5.69 Å². The summed E-state index contributed by atoms with van der Waals surface area (Å²) >= 11 is 9.54. The first-order valence-corrected chi connectivity index (χ1v) is 9.66. The summed E-state index contributed by atoms with van der Waals surface area (Å²) in [6.07, 6.45) is 0.477. The number of hydrogen-bond donors (Lipinski definition) is 0. The SMILES string of the molecule is CC(C)Cc1nn(-c2ccc(Br)cc2)c(Cl)c1S(=O)(=O)Cl. The average molecular weight is 412 g/mol. The van der Waals surface area contributed by atoms with Gasteiger partial charge in [-0.15, -0.1) is 0 Å². The Hall–Kier alpha value is -0.560. The highest BCUT2D eigenvalue weighted by Gasteiger charge is 2.27. The molecule has 0 saturated carbocycles. The minimum Gasteiger partial charge on any atom is -0.221 e. The molecule has 0 N–H and O–H groups in total. The van der Waals surface area contributed by atoms with Gasteiger partial charge in [0.15, 0.2) is 5.15 Å². The molecule has 0 aliphatic heterocycles. The molecule has 0 saturated heterocycles. The third kappa shape index (κ3) is 3.80. The average Bonchev–Trinajstić information content (AvgIpc) is 2.66. The Morgan fingerprint density at radius 2 is 1.86 bits per heavy atom. The van der Waals surface area contributed by atoms with Crippen molar-refractivity contribution >= 4 is 47.3 Å². The smallest absolute Gasteiger partial charge is 0.221 e. The monoisotopic (exact) mass is 410 g/mol. The summed E-state index contributed by atoms with van der Waals surface area (Å²) in [5.74, 6) is 0.228. The van der Waals surface area contributed by atoms with Crippen LogP contribution in [0, 0.1) is 5.92 Å². The normalized spacial score (nSPS) is 12.1. The van der Waals surface area contributed by atoms with Gasteiger partial charge in [-0.3, -0.25) is 0 Å². The summed E-state index contributed by atoms with van der Waals surface area (Å²) in [5.41, 5.74) is 1.05. The Morgan fingerprint density at radius 3 is 2.33 bits per heavy atom. The largest absolute Gasteiger partial charge is 0.266 e. The molecule has 1 heterocycles. The fraction of sp³-hybridized carbons (Fsp3) is 0.308. The van der Waals surface area contributed by atoms with E-state index in [1.807, 2.05) is 26.0 Å². The first kappa shape index (κ1) is 16.8. The van der Waals surface area contributed by atoms with Gasteiger partial charge in [0.1, 0.15) is 4.90 Å². The van der Waals surface area contributed by atoms with Crippen molar-refractivity contribution in [2.75, 3.05) is 0 Å². The lowest BCUT2D eigenvalue weighted by atomic mass is 10.1. The number of hydrogen-bond acceptors (Lipinski definition) is 3. The van der Waals surface area contributed by atoms with Crippen LogP contribution in [-0.2, 0) is 15.5 Å². The predicted molar refractivity (Wildman–Crippen MR) is 87.9 cm³/mol. The number of halogens is 3. The lowest BCUT2D eigenvalue weighted by molar-refractivity contribution is 0.600. The molecule has 4 nitrogen and oxygen atoms in total. The van der Waals surface area contributed by atoms with E-state index in [1.54, 1.807) is 12.1 Å². The molecule has 2 rings (SSSR count). The van der Waals surface area contributed by atoms with Crippen molar-refractivity contribution in [3.63, 3.8) is 0 Å². The molecule has 0 fully saturated rings. The maximum absolute atomic E-state index is 11.8. The second kappa shape index (κ2) is 6.28. The minimum atomic E-state index is -3.96. The van der Waals surface area contributed by atoms with Gasteiger partial charge in [-0.05, 0) is 36.6 Å². The highest BCUT2D eigenvalue weighted by Crippen LogP contribution is 2.32. The highest BCUT2D eigenvalue weighted by molar-refractivity contribution is 9.10. The van der Waals surface area contributed by atoms with Gasteiger partial charge >= 0.3 is 0 Å². The van der Waals surface area contributed by atoms with E-state index in [0.717, 1.165) is 4.47 Å². The van der Waals surface area contributed by atoms with Crippen LogP contribution in [0.15, 0.2) is 33.6 Å². The van der Waals surface area contributed by atoms with Gasteiger partial charge in [-0.25, -0.2) is 13.1 Å². The quantitative estimate of drug-likeness (QED) is 0.700. The van der Waals surface area contributed by atoms with Crippen LogP contribution in [0.4, 0.5) is 0 Å². The summed E-state index contributed by atoms with van der Waals surface area (Å²) in [6.45, 7) is 3.94. The Morgan fingerprint density at radius 1 is 1.29 bits per heavy atom. The van der Waals surface area contributed by atoms with Gasteiger partial charge in [-0.1, -0.05) is 41.4 Å². The molecule has 0 atom stereocenters. The third-order valence-electron chi connectivity index (χ3n) is 2.77. The van der Waals surface area contributed by atoms with Gasteiger partial charge in [0.05, 0.1) is 11.4 Å². The standard InChI is InChI=1S/C13H13BrCl2N2O2S/c1-8(2)7-11-12(21(16,19)20)13(15)18(17-11)10-5-3-9(14)4-6-10/h3-6,8H,7H2,1-2H3. The number of benzene rings is 1. The van der Waals surface area contributed by atoms with Gasteiger partial charge in [0.25, 0.3) is 9.05 Å². The molecule has 2 aromatic rings. The fourth-order valence-electron chi connectivity index (χ4n) is 1.94. The van der Waals surface area contributed by atoms with Gasteiger partial charge in [-0.2, -0.15) is 5.10 Å². The number of rotatable bonds is 4. The number of aromatic nitrogens is 2. The molecule has 8 heteroatoms. The molecule has 0 spiro atoms. The molecular weight excluding hydrogens is 399 g/mol. The molecule has 0 amide bonds. The molecule has 1 aromatic carbocycles. The van der Waals surface area contributed by atoms with Crippen molar-refractivity contribution in [1.82, 2.24) is 9.78 Å². The van der Waals surface area contributed by atoms with E-state index >= 15 is 0 Å². The zero-order valence-electron chi connectivity index (χ0n) is 11.3. The number of nitrogens with zero attached hydrogens (tertiary/aromatic N) is 2. The van der Waals surface area contributed by atoms with Crippen LogP contribution >= 0.6 is 38.2 Å². The Balaban J connectivity index is 2.64. The Kier molecular flexibility index (Phi) is 5.03. The minimum absolute atomic E-state index is 0.00275. The van der Waals surface area contributed by atoms with Crippen LogP contribution in [0.1, 0.15) is 19.5 Å². The van der Waals surface area contributed by atoms with Gasteiger partial charge in [0, 0.05) is 15.2 Å². The molecule has 21 heavy (non-hydrogen) atoms. The van der Waals surface area contributed by atoms with E-state index in [1.165, 1.54) is 4.68 Å². The first-order valence-electron chi connectivity index (χ1n) is 6.18. The van der Waals surface area contributed by atoms with Gasteiger partial charge in [0.2, 0.25) is 0 Å². The van der Waals surface area contributed by atoms with E-state index in [9.17, 15) is 8.42 Å². The molecule has 0 unspecified atom stereocenters. The second-order valence-electron chi connectivity index (χ2n) is 4.99. The van der Waals surface area contributed by atoms with Crippen molar-refractivity contribution < 1.29 is 8.42 Å². The van der Waals surface area contributed by atoms with Crippen LogP contribution in [0.2, 0.25) is 5.15 Å². The van der Waals surface area contributed by atoms with Crippen LogP contribution < -0.4 is 0 Å².